The fourth-order valence-electron chi connectivity index (χ4n) is 2.51. The Morgan fingerprint density at radius 3 is 2.85 bits per heavy atom. The van der Waals surface area contributed by atoms with Crippen LogP contribution < -0.4 is 11.1 Å². The molecule has 1 aromatic rings. The third-order valence-corrected chi connectivity index (χ3v) is 3.85. The third kappa shape index (κ3) is 3.97. The molecule has 110 valence electrons. The van der Waals surface area contributed by atoms with E-state index in [1.165, 1.54) is 6.42 Å². The van der Waals surface area contributed by atoms with E-state index in [4.69, 9.17) is 10.5 Å². The zero-order chi connectivity index (χ0) is 14.5. The van der Waals surface area contributed by atoms with Gasteiger partial charge in [-0.25, -0.2) is 0 Å². The van der Waals surface area contributed by atoms with Crippen LogP contribution in [-0.2, 0) is 9.53 Å². The first-order valence-electron chi connectivity index (χ1n) is 7.34. The van der Waals surface area contributed by atoms with Crippen molar-refractivity contribution in [3.8, 4) is 0 Å². The molecule has 1 atom stereocenters. The number of nitrogens with one attached hydrogen (secondary N) is 1. The number of amides is 1. The Hall–Kier alpha value is -1.55. The van der Waals surface area contributed by atoms with E-state index in [2.05, 4.69) is 5.32 Å². The van der Waals surface area contributed by atoms with E-state index in [0.717, 1.165) is 48.4 Å². The minimum absolute atomic E-state index is 0.0476. The van der Waals surface area contributed by atoms with Crippen molar-refractivity contribution >= 4 is 17.3 Å². The van der Waals surface area contributed by atoms with Crippen LogP contribution in [0.25, 0.3) is 0 Å². The van der Waals surface area contributed by atoms with Gasteiger partial charge in [0.25, 0.3) is 0 Å². The first-order valence-corrected chi connectivity index (χ1v) is 7.34. The summed E-state index contributed by atoms with van der Waals surface area (Å²) in [6.07, 6.45) is 5.00. The fraction of sp³-hybridized carbons (Fsp3) is 0.562. The van der Waals surface area contributed by atoms with Gasteiger partial charge < -0.3 is 15.8 Å². The summed E-state index contributed by atoms with van der Waals surface area (Å²) in [5, 5.41) is 2.97. The first kappa shape index (κ1) is 14.9. The van der Waals surface area contributed by atoms with Crippen molar-refractivity contribution in [3.05, 3.63) is 23.3 Å². The molecule has 4 heteroatoms. The van der Waals surface area contributed by atoms with Crippen molar-refractivity contribution in [2.24, 2.45) is 0 Å². The smallest absolute Gasteiger partial charge is 0.224 e. The Kier molecular flexibility index (Phi) is 5.01. The van der Waals surface area contributed by atoms with Crippen molar-refractivity contribution in [2.45, 2.75) is 52.1 Å². The SMILES string of the molecule is Cc1cc(NC(=O)CCC2CCCCO2)c(C)cc1N. The summed E-state index contributed by atoms with van der Waals surface area (Å²) in [6.45, 7) is 4.73. The molecular formula is C16H24N2O2. The predicted molar refractivity (Wildman–Crippen MR) is 81.8 cm³/mol. The van der Waals surface area contributed by atoms with Crippen LogP contribution in [0.5, 0.6) is 0 Å². The molecule has 1 saturated heterocycles. The second-order valence-corrected chi connectivity index (χ2v) is 5.60. The van der Waals surface area contributed by atoms with E-state index >= 15 is 0 Å². The Morgan fingerprint density at radius 1 is 1.35 bits per heavy atom. The van der Waals surface area contributed by atoms with E-state index in [-0.39, 0.29) is 12.0 Å². The molecule has 1 fully saturated rings. The molecule has 0 radical (unpaired) electrons. The number of benzene rings is 1. The van der Waals surface area contributed by atoms with Gasteiger partial charge in [-0.05, 0) is 62.8 Å². The zero-order valence-corrected chi connectivity index (χ0v) is 12.4. The molecule has 4 nitrogen and oxygen atoms in total. The fourth-order valence-corrected chi connectivity index (χ4v) is 2.51. The summed E-state index contributed by atoms with van der Waals surface area (Å²) >= 11 is 0. The van der Waals surface area contributed by atoms with Crippen LogP contribution in [0.3, 0.4) is 0 Å². The van der Waals surface area contributed by atoms with Crippen LogP contribution in [0.1, 0.15) is 43.2 Å². The number of rotatable bonds is 4. The normalized spacial score (nSPS) is 18.8. The molecule has 1 aliphatic rings. The van der Waals surface area contributed by atoms with Crippen molar-refractivity contribution < 1.29 is 9.53 Å². The summed E-state index contributed by atoms with van der Waals surface area (Å²) in [5.41, 5.74) is 9.44. The van der Waals surface area contributed by atoms with Crippen molar-refractivity contribution in [2.75, 3.05) is 17.7 Å². The van der Waals surface area contributed by atoms with Crippen LogP contribution in [0, 0.1) is 13.8 Å². The molecule has 1 aromatic carbocycles. The second kappa shape index (κ2) is 6.75. The average Bonchev–Trinajstić information content (AvgIpc) is 2.44. The number of carbonyl (C=O) groups excluding carboxylic acids is 1. The van der Waals surface area contributed by atoms with Gasteiger partial charge in [-0.15, -0.1) is 0 Å². The minimum Gasteiger partial charge on any atom is -0.399 e. The van der Waals surface area contributed by atoms with Crippen molar-refractivity contribution in [1.29, 1.82) is 0 Å². The molecule has 20 heavy (non-hydrogen) atoms. The lowest BCUT2D eigenvalue weighted by atomic mass is 10.0. The maximum Gasteiger partial charge on any atom is 0.224 e. The summed E-state index contributed by atoms with van der Waals surface area (Å²) in [4.78, 5) is 12.0. The largest absolute Gasteiger partial charge is 0.399 e. The molecule has 1 aliphatic heterocycles. The van der Waals surface area contributed by atoms with Gasteiger partial charge in [0, 0.05) is 24.4 Å². The summed E-state index contributed by atoms with van der Waals surface area (Å²) in [6, 6.07) is 3.83. The van der Waals surface area contributed by atoms with Crippen LogP contribution in [0.15, 0.2) is 12.1 Å². The van der Waals surface area contributed by atoms with Gasteiger partial charge in [0.1, 0.15) is 0 Å². The van der Waals surface area contributed by atoms with Crippen LogP contribution >= 0.6 is 0 Å². The molecule has 0 bridgehead atoms. The van der Waals surface area contributed by atoms with Crippen LogP contribution in [-0.4, -0.2) is 18.6 Å². The predicted octanol–water partition coefficient (Wildman–Crippen LogP) is 3.17. The van der Waals surface area contributed by atoms with Crippen LogP contribution in [0.4, 0.5) is 11.4 Å². The highest BCUT2D eigenvalue weighted by Gasteiger charge is 2.15. The molecule has 2 rings (SSSR count). The molecular weight excluding hydrogens is 252 g/mol. The van der Waals surface area contributed by atoms with Gasteiger partial charge in [-0.1, -0.05) is 0 Å². The topological polar surface area (TPSA) is 64.3 Å². The van der Waals surface area contributed by atoms with E-state index in [9.17, 15) is 4.79 Å². The Bertz CT molecular complexity index is 480. The molecule has 1 unspecified atom stereocenters. The molecule has 0 saturated carbocycles. The van der Waals surface area contributed by atoms with E-state index < -0.39 is 0 Å². The zero-order valence-electron chi connectivity index (χ0n) is 12.4. The van der Waals surface area contributed by atoms with E-state index in [1.807, 2.05) is 26.0 Å². The molecule has 0 aromatic heterocycles. The number of nitrogens with two attached hydrogens (primary N) is 1. The highest BCUT2D eigenvalue weighted by atomic mass is 16.5. The highest BCUT2D eigenvalue weighted by Crippen LogP contribution is 2.23. The lowest BCUT2D eigenvalue weighted by Gasteiger charge is -2.22. The van der Waals surface area contributed by atoms with Crippen molar-refractivity contribution in [1.82, 2.24) is 0 Å². The van der Waals surface area contributed by atoms with Gasteiger partial charge in [0.15, 0.2) is 0 Å². The maximum absolute atomic E-state index is 12.0. The number of hydrogen-bond acceptors (Lipinski definition) is 3. The number of anilines is 2. The Labute approximate surface area is 120 Å². The van der Waals surface area contributed by atoms with Crippen LogP contribution in [0.2, 0.25) is 0 Å². The first-order chi connectivity index (χ1) is 9.56. The van der Waals surface area contributed by atoms with Gasteiger partial charge in [-0.2, -0.15) is 0 Å². The molecule has 3 N–H and O–H groups in total. The molecule has 0 aliphatic carbocycles. The van der Waals surface area contributed by atoms with E-state index in [1.54, 1.807) is 0 Å². The quantitative estimate of drug-likeness (QED) is 0.830. The number of carbonyl (C=O) groups is 1. The third-order valence-electron chi connectivity index (χ3n) is 3.85. The summed E-state index contributed by atoms with van der Waals surface area (Å²) in [5.74, 6) is 0.0476. The molecule has 1 amide bonds. The molecule has 0 spiro atoms. The average molecular weight is 276 g/mol. The number of ether oxygens (including phenoxy) is 1. The summed E-state index contributed by atoms with van der Waals surface area (Å²) in [7, 11) is 0. The van der Waals surface area contributed by atoms with Gasteiger partial charge >= 0.3 is 0 Å². The lowest BCUT2D eigenvalue weighted by molar-refractivity contribution is -0.117. The number of nitrogen functional groups attached to an aromatic ring is 1. The molecule has 1 heterocycles. The number of aryl methyl sites for hydroxylation is 2. The summed E-state index contributed by atoms with van der Waals surface area (Å²) < 4.78 is 5.64. The lowest BCUT2D eigenvalue weighted by Crippen LogP contribution is -2.22. The van der Waals surface area contributed by atoms with Crippen molar-refractivity contribution in [3.63, 3.8) is 0 Å². The highest BCUT2D eigenvalue weighted by molar-refractivity contribution is 5.92. The van der Waals surface area contributed by atoms with Gasteiger partial charge in [0.2, 0.25) is 5.91 Å². The standard InChI is InChI=1S/C16H24N2O2/c1-11-10-15(12(2)9-14(11)17)18-16(19)7-6-13-5-3-4-8-20-13/h9-10,13H,3-8,17H2,1-2H3,(H,18,19). The number of hydrogen-bond donors (Lipinski definition) is 2. The monoisotopic (exact) mass is 276 g/mol. The van der Waals surface area contributed by atoms with Gasteiger partial charge in [0.05, 0.1) is 6.10 Å². The minimum atomic E-state index is 0.0476. The Morgan fingerprint density at radius 2 is 2.15 bits per heavy atom. The second-order valence-electron chi connectivity index (χ2n) is 5.60. The Balaban J connectivity index is 1.86. The van der Waals surface area contributed by atoms with E-state index in [0.29, 0.717) is 6.42 Å². The van der Waals surface area contributed by atoms with Gasteiger partial charge in [-0.3, -0.25) is 4.79 Å². The maximum atomic E-state index is 12.0.